The number of benzene rings is 1. The summed E-state index contributed by atoms with van der Waals surface area (Å²) in [5, 5.41) is 4.72. The molecule has 0 spiro atoms. The van der Waals surface area contributed by atoms with Gasteiger partial charge in [-0.15, -0.1) is 0 Å². The van der Waals surface area contributed by atoms with Gasteiger partial charge < -0.3 is 24.3 Å². The smallest absolute Gasteiger partial charge is 0.174 e. The van der Waals surface area contributed by atoms with Crippen molar-refractivity contribution in [2.45, 2.75) is 50.2 Å². The van der Waals surface area contributed by atoms with Gasteiger partial charge in [0.05, 0.1) is 29.4 Å². The average molecular weight is 511 g/mol. The van der Waals surface area contributed by atoms with E-state index in [1.165, 1.54) is 37.7 Å². The molecule has 8 heteroatoms. The van der Waals surface area contributed by atoms with E-state index in [1.54, 1.807) is 7.11 Å². The van der Waals surface area contributed by atoms with E-state index in [9.17, 15) is 0 Å². The first-order valence-electron chi connectivity index (χ1n) is 12.2. The highest BCUT2D eigenvalue weighted by Crippen LogP contribution is 2.43. The number of ether oxygens (including phenoxy) is 2. The highest BCUT2D eigenvalue weighted by atomic mass is 35.5. The number of pyridine rings is 1. The molecule has 1 N–H and O–H groups in total. The van der Waals surface area contributed by atoms with Crippen LogP contribution >= 0.6 is 23.8 Å². The molecule has 0 amide bonds. The van der Waals surface area contributed by atoms with Crippen molar-refractivity contribution in [1.82, 2.24) is 14.9 Å². The molecule has 35 heavy (non-hydrogen) atoms. The topological polar surface area (TPSA) is 51.6 Å². The lowest BCUT2D eigenvalue weighted by atomic mass is 9.95. The van der Waals surface area contributed by atoms with Crippen LogP contribution in [0.2, 0.25) is 5.02 Å². The molecular weight excluding hydrogens is 480 g/mol. The third-order valence-electron chi connectivity index (χ3n) is 6.91. The first-order chi connectivity index (χ1) is 17.2. The number of thiocarbonyl (C=S) groups is 1. The molecule has 5 rings (SSSR count). The first-order valence-corrected chi connectivity index (χ1v) is 13.0. The van der Waals surface area contributed by atoms with Crippen LogP contribution in [-0.2, 0) is 4.74 Å². The second-order valence-electron chi connectivity index (χ2n) is 9.14. The molecule has 2 aliphatic rings. The Balaban J connectivity index is 1.49. The minimum absolute atomic E-state index is 0.0569. The Hall–Kier alpha value is -2.61. The van der Waals surface area contributed by atoms with Crippen LogP contribution in [0.25, 0.3) is 0 Å². The van der Waals surface area contributed by atoms with Gasteiger partial charge in [0.1, 0.15) is 12.4 Å². The largest absolute Gasteiger partial charge is 0.490 e. The number of aromatic nitrogens is 2. The molecular formula is C27H31ClN4O2S. The molecule has 1 aromatic carbocycles. The van der Waals surface area contributed by atoms with Gasteiger partial charge in [0, 0.05) is 37.4 Å². The van der Waals surface area contributed by atoms with Crippen molar-refractivity contribution in [2.75, 3.05) is 25.2 Å². The molecule has 0 radical (unpaired) electrons. The molecule has 2 aromatic heterocycles. The van der Waals surface area contributed by atoms with Crippen LogP contribution in [0.1, 0.15) is 61.5 Å². The van der Waals surface area contributed by atoms with Gasteiger partial charge in [-0.25, -0.2) is 0 Å². The Morgan fingerprint density at radius 1 is 1.11 bits per heavy atom. The summed E-state index contributed by atoms with van der Waals surface area (Å²) in [5.74, 6) is 0.631. The summed E-state index contributed by atoms with van der Waals surface area (Å²) in [6.45, 7) is 0.947. The summed E-state index contributed by atoms with van der Waals surface area (Å²) in [7, 11) is 1.65. The van der Waals surface area contributed by atoms with E-state index in [0.717, 1.165) is 11.4 Å². The Morgan fingerprint density at radius 2 is 1.97 bits per heavy atom. The van der Waals surface area contributed by atoms with Crippen LogP contribution < -0.4 is 15.0 Å². The van der Waals surface area contributed by atoms with Crippen LogP contribution in [0.15, 0.2) is 61.1 Å². The molecule has 3 aromatic rings. The fraction of sp³-hybridized carbons (Fsp3) is 0.407. The monoisotopic (exact) mass is 510 g/mol. The Labute approximate surface area is 217 Å². The molecule has 3 heterocycles. The second-order valence-corrected chi connectivity index (χ2v) is 9.93. The number of hydrogen-bond donors (Lipinski definition) is 1. The zero-order valence-corrected chi connectivity index (χ0v) is 21.5. The van der Waals surface area contributed by atoms with Crippen LogP contribution in [0, 0.1) is 0 Å². The summed E-state index contributed by atoms with van der Waals surface area (Å²) >= 11 is 12.5. The van der Waals surface area contributed by atoms with Crippen molar-refractivity contribution in [3.8, 4) is 5.75 Å². The van der Waals surface area contributed by atoms with Crippen molar-refractivity contribution in [3.05, 3.63) is 77.3 Å². The molecule has 1 saturated heterocycles. The average Bonchev–Trinajstić information content (AvgIpc) is 3.51. The standard InChI is InChI=1S/C27H31ClN4O2S/c1-33-15-16-34-24-11-10-21(17-22(24)28)32-26(25(30-27(32)35)23-9-5-6-13-29-23)19-12-14-31(18-19)20-7-3-2-4-8-20/h5-6,9-14,17-18,20,25-26H,2-4,7-8,15-16H2,1H3,(H,30,35)/t25-,26+/m0/s1. The Bertz CT molecular complexity index is 1150. The summed E-state index contributed by atoms with van der Waals surface area (Å²) in [6.07, 6.45) is 12.8. The number of rotatable bonds is 8. The fourth-order valence-corrected chi connectivity index (χ4v) is 5.75. The van der Waals surface area contributed by atoms with Crippen molar-refractivity contribution < 1.29 is 9.47 Å². The van der Waals surface area contributed by atoms with Crippen molar-refractivity contribution in [3.63, 3.8) is 0 Å². The third-order valence-corrected chi connectivity index (χ3v) is 7.52. The van der Waals surface area contributed by atoms with Crippen LogP contribution in [0.5, 0.6) is 5.75 Å². The van der Waals surface area contributed by atoms with Crippen LogP contribution in [0.4, 0.5) is 5.69 Å². The van der Waals surface area contributed by atoms with Crippen molar-refractivity contribution >= 4 is 34.6 Å². The van der Waals surface area contributed by atoms with Gasteiger partial charge in [-0.05, 0) is 67.0 Å². The summed E-state index contributed by atoms with van der Waals surface area (Å²) in [6, 6.07) is 14.5. The summed E-state index contributed by atoms with van der Waals surface area (Å²) in [5.41, 5.74) is 3.08. The lowest BCUT2D eigenvalue weighted by Gasteiger charge is -2.28. The van der Waals surface area contributed by atoms with Crippen LogP contribution in [0.3, 0.4) is 0 Å². The molecule has 2 atom stereocenters. The maximum absolute atomic E-state index is 6.61. The lowest BCUT2D eigenvalue weighted by Crippen LogP contribution is -2.29. The molecule has 0 bridgehead atoms. The normalized spacial score (nSPS) is 20.7. The fourth-order valence-electron chi connectivity index (χ4n) is 5.18. The predicted octanol–water partition coefficient (Wildman–Crippen LogP) is 6.24. The molecule has 1 aliphatic heterocycles. The van der Waals surface area contributed by atoms with E-state index >= 15 is 0 Å². The Kier molecular flexibility index (Phi) is 7.56. The van der Waals surface area contributed by atoms with E-state index in [4.69, 9.17) is 33.3 Å². The minimum atomic E-state index is -0.0812. The third kappa shape index (κ3) is 5.17. The van der Waals surface area contributed by atoms with Crippen molar-refractivity contribution in [1.29, 1.82) is 0 Å². The zero-order valence-electron chi connectivity index (χ0n) is 19.9. The molecule has 184 valence electrons. The quantitative estimate of drug-likeness (QED) is 0.286. The van der Waals surface area contributed by atoms with E-state index < -0.39 is 0 Å². The Morgan fingerprint density at radius 3 is 2.71 bits per heavy atom. The number of methoxy groups -OCH3 is 1. The number of halogens is 1. The van der Waals surface area contributed by atoms with Gasteiger partial charge in [-0.2, -0.15) is 0 Å². The summed E-state index contributed by atoms with van der Waals surface area (Å²) < 4.78 is 13.2. The molecule has 2 fully saturated rings. The minimum Gasteiger partial charge on any atom is -0.490 e. The van der Waals surface area contributed by atoms with E-state index in [-0.39, 0.29) is 12.1 Å². The highest BCUT2D eigenvalue weighted by Gasteiger charge is 2.41. The molecule has 0 unspecified atom stereocenters. The SMILES string of the molecule is COCCOc1ccc(N2C(=S)N[C@@H](c3ccccn3)[C@H]2c2ccn(C3CCCCC3)c2)cc1Cl. The number of nitrogens with one attached hydrogen (secondary N) is 1. The zero-order chi connectivity index (χ0) is 24.2. The molecule has 1 aliphatic carbocycles. The molecule has 1 saturated carbocycles. The lowest BCUT2D eigenvalue weighted by molar-refractivity contribution is 0.146. The van der Waals surface area contributed by atoms with Crippen LogP contribution in [-0.4, -0.2) is 35.0 Å². The van der Waals surface area contributed by atoms with Gasteiger partial charge in [0.2, 0.25) is 0 Å². The number of nitrogens with zero attached hydrogens (tertiary/aromatic N) is 3. The van der Waals surface area contributed by atoms with E-state index in [1.807, 2.05) is 36.5 Å². The van der Waals surface area contributed by atoms with E-state index in [0.29, 0.717) is 35.1 Å². The van der Waals surface area contributed by atoms with Gasteiger partial charge >= 0.3 is 0 Å². The second kappa shape index (κ2) is 11.0. The van der Waals surface area contributed by atoms with Gasteiger partial charge in [0.25, 0.3) is 0 Å². The first kappa shape index (κ1) is 24.1. The van der Waals surface area contributed by atoms with Gasteiger partial charge in [-0.1, -0.05) is 36.9 Å². The highest BCUT2D eigenvalue weighted by molar-refractivity contribution is 7.80. The maximum atomic E-state index is 6.61. The van der Waals surface area contributed by atoms with Gasteiger partial charge in [-0.3, -0.25) is 4.98 Å². The number of anilines is 1. The predicted molar refractivity (Wildman–Crippen MR) is 143 cm³/mol. The van der Waals surface area contributed by atoms with E-state index in [2.05, 4.69) is 44.3 Å². The van der Waals surface area contributed by atoms with Gasteiger partial charge in [0.15, 0.2) is 5.11 Å². The van der Waals surface area contributed by atoms with Crippen molar-refractivity contribution in [2.24, 2.45) is 0 Å². The molecule has 6 nitrogen and oxygen atoms in total. The maximum Gasteiger partial charge on any atom is 0.174 e. The summed E-state index contributed by atoms with van der Waals surface area (Å²) in [4.78, 5) is 6.81. The number of hydrogen-bond acceptors (Lipinski definition) is 4.